The molecule has 1 N–H and O–H groups in total. The number of Topliss-reactive ketones (excluding diaryl/α,β-unsaturated/α-hetero) is 1. The molecule has 0 aliphatic rings. The number of ketones is 1. The predicted octanol–water partition coefficient (Wildman–Crippen LogP) is 2.49. The smallest absolute Gasteiger partial charge is 0.161 e. The molecule has 1 atom stereocenters. The molecule has 0 spiro atoms. The molecule has 0 aliphatic carbocycles. The first kappa shape index (κ1) is 17.0. The van der Waals surface area contributed by atoms with E-state index in [0.29, 0.717) is 17.9 Å². The molecule has 122 valence electrons. The van der Waals surface area contributed by atoms with Crippen LogP contribution in [-0.4, -0.2) is 38.1 Å². The van der Waals surface area contributed by atoms with Gasteiger partial charge in [-0.15, -0.1) is 0 Å². The van der Waals surface area contributed by atoms with Crippen LogP contribution in [0.1, 0.15) is 12.5 Å². The van der Waals surface area contributed by atoms with E-state index in [9.17, 15) is 4.79 Å². The number of nitrogens with zero attached hydrogens (tertiary/aromatic N) is 1. The lowest BCUT2D eigenvalue weighted by molar-refractivity contribution is -0.118. The molecule has 0 unspecified atom stereocenters. The van der Waals surface area contributed by atoms with Gasteiger partial charge in [-0.2, -0.15) is 0 Å². The normalized spacial score (nSPS) is 11.8. The van der Waals surface area contributed by atoms with Crippen molar-refractivity contribution in [2.24, 2.45) is 0 Å². The zero-order chi connectivity index (χ0) is 16.8. The summed E-state index contributed by atoms with van der Waals surface area (Å²) in [6.07, 6.45) is 2.43. The first-order chi connectivity index (χ1) is 11.1. The fraction of sp³-hybridized carbons (Fsp3) is 0.333. The maximum absolute atomic E-state index is 11.5. The Labute approximate surface area is 136 Å². The average molecular weight is 314 g/mol. The summed E-state index contributed by atoms with van der Waals surface area (Å²) in [6, 6.07) is 9.46. The van der Waals surface area contributed by atoms with E-state index in [4.69, 9.17) is 9.47 Å². The number of rotatable bonds is 7. The largest absolute Gasteiger partial charge is 0.493 e. The van der Waals surface area contributed by atoms with E-state index >= 15 is 0 Å². The molecule has 5 heteroatoms. The minimum atomic E-state index is -0.177. The zero-order valence-electron chi connectivity index (χ0n) is 13.9. The third-order valence-electron chi connectivity index (χ3n) is 3.78. The number of hydrogen-bond acceptors (Lipinski definition) is 5. The molecule has 2 rings (SSSR count). The number of methoxy groups -OCH3 is 2. The van der Waals surface area contributed by atoms with Crippen molar-refractivity contribution in [3.63, 3.8) is 0 Å². The van der Waals surface area contributed by atoms with Gasteiger partial charge in [-0.3, -0.25) is 9.78 Å². The van der Waals surface area contributed by atoms with Crippen molar-refractivity contribution in [2.45, 2.75) is 19.4 Å². The number of pyridine rings is 1. The van der Waals surface area contributed by atoms with Crippen molar-refractivity contribution >= 4 is 5.78 Å². The van der Waals surface area contributed by atoms with Gasteiger partial charge in [0.15, 0.2) is 11.5 Å². The van der Waals surface area contributed by atoms with Gasteiger partial charge in [0.25, 0.3) is 0 Å². The molecule has 23 heavy (non-hydrogen) atoms. The van der Waals surface area contributed by atoms with Gasteiger partial charge in [0, 0.05) is 11.8 Å². The SMILES string of the molecule is CN[C@@H](Cc1ccc(-c2ccc(OC)c(OC)c2)nc1)C(C)=O. The van der Waals surface area contributed by atoms with Crippen LogP contribution in [0.2, 0.25) is 0 Å². The summed E-state index contributed by atoms with van der Waals surface area (Å²) in [5.74, 6) is 1.48. The van der Waals surface area contributed by atoms with Crippen LogP contribution in [0.3, 0.4) is 0 Å². The molecule has 0 radical (unpaired) electrons. The van der Waals surface area contributed by atoms with Crippen molar-refractivity contribution in [1.29, 1.82) is 0 Å². The summed E-state index contributed by atoms with van der Waals surface area (Å²) in [5.41, 5.74) is 2.81. The lowest BCUT2D eigenvalue weighted by Crippen LogP contribution is -2.34. The number of hydrogen-bond donors (Lipinski definition) is 1. The van der Waals surface area contributed by atoms with Crippen LogP contribution in [0, 0.1) is 0 Å². The van der Waals surface area contributed by atoms with E-state index in [1.165, 1.54) is 0 Å². The predicted molar refractivity (Wildman–Crippen MR) is 90.0 cm³/mol. The molecule has 0 amide bonds. The van der Waals surface area contributed by atoms with E-state index in [2.05, 4.69) is 10.3 Å². The Morgan fingerprint density at radius 2 is 1.91 bits per heavy atom. The molecular formula is C18H22N2O3. The van der Waals surface area contributed by atoms with Crippen molar-refractivity contribution in [3.05, 3.63) is 42.1 Å². The number of carbonyl (C=O) groups excluding carboxylic acids is 1. The summed E-state index contributed by atoms with van der Waals surface area (Å²) in [6.45, 7) is 1.59. The monoisotopic (exact) mass is 314 g/mol. The second kappa shape index (κ2) is 7.74. The first-order valence-corrected chi connectivity index (χ1v) is 7.44. The molecule has 0 saturated heterocycles. The number of benzene rings is 1. The van der Waals surface area contributed by atoms with Crippen LogP contribution in [0.15, 0.2) is 36.5 Å². The van der Waals surface area contributed by atoms with Crippen LogP contribution in [-0.2, 0) is 11.2 Å². The zero-order valence-corrected chi connectivity index (χ0v) is 13.9. The fourth-order valence-electron chi connectivity index (χ4n) is 2.40. The van der Waals surface area contributed by atoms with Crippen molar-refractivity contribution in [1.82, 2.24) is 10.3 Å². The molecule has 2 aromatic rings. The van der Waals surface area contributed by atoms with Gasteiger partial charge in [-0.05, 0) is 50.2 Å². The maximum Gasteiger partial charge on any atom is 0.161 e. The van der Waals surface area contributed by atoms with Gasteiger partial charge in [0.05, 0.1) is 26.0 Å². The molecule has 1 aromatic carbocycles. The Hall–Kier alpha value is -2.40. The lowest BCUT2D eigenvalue weighted by atomic mass is 10.0. The Morgan fingerprint density at radius 1 is 1.17 bits per heavy atom. The van der Waals surface area contributed by atoms with Gasteiger partial charge >= 0.3 is 0 Å². The molecule has 0 aliphatic heterocycles. The van der Waals surface area contributed by atoms with Gasteiger partial charge in [-0.25, -0.2) is 0 Å². The van der Waals surface area contributed by atoms with Crippen LogP contribution < -0.4 is 14.8 Å². The van der Waals surface area contributed by atoms with E-state index in [-0.39, 0.29) is 11.8 Å². The topological polar surface area (TPSA) is 60.4 Å². The van der Waals surface area contributed by atoms with Crippen molar-refractivity contribution < 1.29 is 14.3 Å². The molecule has 0 bridgehead atoms. The summed E-state index contributed by atoms with van der Waals surface area (Å²) in [7, 11) is 5.01. The Kier molecular flexibility index (Phi) is 5.71. The number of aromatic nitrogens is 1. The number of likely N-dealkylation sites (N-methyl/N-ethyl adjacent to an activating group) is 1. The molecule has 0 saturated carbocycles. The second-order valence-corrected chi connectivity index (χ2v) is 5.28. The van der Waals surface area contributed by atoms with Crippen LogP contribution in [0.25, 0.3) is 11.3 Å². The Morgan fingerprint density at radius 3 is 2.43 bits per heavy atom. The van der Waals surface area contributed by atoms with Gasteiger partial charge in [0.2, 0.25) is 0 Å². The summed E-state index contributed by atoms with van der Waals surface area (Å²) in [4.78, 5) is 16.0. The van der Waals surface area contributed by atoms with Gasteiger partial charge in [0.1, 0.15) is 5.78 Å². The molecule has 5 nitrogen and oxygen atoms in total. The second-order valence-electron chi connectivity index (χ2n) is 5.28. The van der Waals surface area contributed by atoms with E-state index in [0.717, 1.165) is 16.8 Å². The molecular weight excluding hydrogens is 292 g/mol. The molecule has 0 fully saturated rings. The van der Waals surface area contributed by atoms with E-state index in [1.807, 2.05) is 30.3 Å². The third-order valence-corrected chi connectivity index (χ3v) is 3.78. The van der Waals surface area contributed by atoms with Crippen LogP contribution >= 0.6 is 0 Å². The highest BCUT2D eigenvalue weighted by molar-refractivity contribution is 5.81. The maximum atomic E-state index is 11.5. The summed E-state index contributed by atoms with van der Waals surface area (Å²) >= 11 is 0. The number of nitrogens with one attached hydrogen (secondary N) is 1. The van der Waals surface area contributed by atoms with Gasteiger partial charge < -0.3 is 14.8 Å². The van der Waals surface area contributed by atoms with E-state index < -0.39 is 0 Å². The lowest BCUT2D eigenvalue weighted by Gasteiger charge is -2.13. The minimum absolute atomic E-state index is 0.122. The van der Waals surface area contributed by atoms with Gasteiger partial charge in [-0.1, -0.05) is 6.07 Å². The highest BCUT2D eigenvalue weighted by atomic mass is 16.5. The Bertz CT molecular complexity index is 668. The van der Waals surface area contributed by atoms with Crippen LogP contribution in [0.5, 0.6) is 11.5 Å². The Balaban J connectivity index is 2.21. The quantitative estimate of drug-likeness (QED) is 0.851. The summed E-state index contributed by atoms with van der Waals surface area (Å²) in [5, 5.41) is 3.02. The summed E-state index contributed by atoms with van der Waals surface area (Å²) < 4.78 is 10.6. The van der Waals surface area contributed by atoms with Crippen LogP contribution in [0.4, 0.5) is 0 Å². The first-order valence-electron chi connectivity index (χ1n) is 7.44. The van der Waals surface area contributed by atoms with E-state index in [1.54, 1.807) is 34.4 Å². The highest BCUT2D eigenvalue weighted by Crippen LogP contribution is 2.31. The fourth-order valence-corrected chi connectivity index (χ4v) is 2.40. The number of carbonyl (C=O) groups is 1. The molecule has 1 heterocycles. The third kappa shape index (κ3) is 4.07. The number of ether oxygens (including phenoxy) is 2. The average Bonchev–Trinajstić information content (AvgIpc) is 2.59. The molecule has 1 aromatic heterocycles. The standard InChI is InChI=1S/C18H22N2O3/c1-12(21)16(19-2)9-13-5-7-15(20-11-13)14-6-8-17(22-3)18(10-14)23-4/h5-8,10-11,16,19H,9H2,1-4H3/t16-/m0/s1. The van der Waals surface area contributed by atoms with Crippen molar-refractivity contribution in [3.8, 4) is 22.8 Å². The minimum Gasteiger partial charge on any atom is -0.493 e. The highest BCUT2D eigenvalue weighted by Gasteiger charge is 2.13. The van der Waals surface area contributed by atoms with Crippen molar-refractivity contribution in [2.75, 3.05) is 21.3 Å².